The van der Waals surface area contributed by atoms with Crippen LogP contribution in [0.3, 0.4) is 0 Å². The number of para-hydroxylation sites is 2. The van der Waals surface area contributed by atoms with E-state index in [1.54, 1.807) is 9.80 Å². The predicted molar refractivity (Wildman–Crippen MR) is 262 cm³/mol. The van der Waals surface area contributed by atoms with Gasteiger partial charge in [0.25, 0.3) is 11.8 Å². The fraction of sp³-hybridized carbons (Fsp3) is 0.321. The number of hydrogen-bond acceptors (Lipinski definition) is 12. The molecule has 1 fully saturated rings. The molecule has 18 nitrogen and oxygen atoms in total. The van der Waals surface area contributed by atoms with Gasteiger partial charge in [-0.3, -0.25) is 33.6 Å². The first kappa shape index (κ1) is 56.8. The van der Waals surface area contributed by atoms with Gasteiger partial charge in [-0.15, -0.1) is 5.06 Å². The van der Waals surface area contributed by atoms with Crippen LogP contribution in [0.1, 0.15) is 105 Å². The standard InChI is InChI=1S/C27H25N3O9S.C26H29N3O3.Na/c31-23(10-5-11-26(34)39-30-25(33)16-22(27(30)35)40(36,37)38)28-15-14-24(32)29-17-20-8-2-1-6-18(20)12-13-19-7-3-4-9-21(19)29;1-2-17-27-24(30)12-7-13-25(31)28-18-16-26(32)29-19-22-10-4-3-8-20(22)14-15-21-9-5-6-11-23(21)29;/h1-4,6-9,22H,5,10-11,14-17H2,(H,28,31)(H,36,37,38);3-6,8-11H,2,7,12-13,16-19H2,1H3,(H,27,30)(H,28,31);/q;;+1/p-1. The number of amides is 7. The summed E-state index contributed by atoms with van der Waals surface area (Å²) in [5, 5.41) is 6.05. The molecule has 4 aromatic carbocycles. The van der Waals surface area contributed by atoms with Crippen molar-refractivity contribution in [2.75, 3.05) is 29.4 Å². The molecule has 20 heteroatoms. The Bertz CT molecular complexity index is 2980. The average Bonchev–Trinajstić information content (AvgIpc) is 3.64. The maximum absolute atomic E-state index is 13.2. The van der Waals surface area contributed by atoms with Crippen LogP contribution in [-0.2, 0) is 66.4 Å². The van der Waals surface area contributed by atoms with E-state index in [2.05, 4.69) is 44.5 Å². The molecule has 4 aromatic rings. The predicted octanol–water partition coefficient (Wildman–Crippen LogP) is 0.880. The molecule has 7 amide bonds. The first-order chi connectivity index (χ1) is 34.6. The van der Waals surface area contributed by atoms with Crippen LogP contribution < -0.4 is 55.3 Å². The summed E-state index contributed by atoms with van der Waals surface area (Å²) in [4.78, 5) is 106. The van der Waals surface area contributed by atoms with Gasteiger partial charge in [0.05, 0.1) is 30.9 Å². The Labute approximate surface area is 446 Å². The summed E-state index contributed by atoms with van der Waals surface area (Å²) in [6.45, 7) is 3.71. The number of nitrogens with one attached hydrogen (secondary N) is 3. The molecule has 374 valence electrons. The number of hydrogen-bond donors (Lipinski definition) is 3. The summed E-state index contributed by atoms with van der Waals surface area (Å²) < 4.78 is 33.1. The SMILES string of the molecule is CCCNC(=O)CCCC(=O)NCCC(=O)N1Cc2ccccc2C#Cc2ccccc21.O=C(CCCC(=O)ON1C(=O)CC(S(=O)(=O)[O-])C1=O)NCCC(=O)N1Cc2ccccc2C#Cc2ccccc21.[Na+]. The normalized spacial score (nSPS) is 14.0. The van der Waals surface area contributed by atoms with Crippen LogP contribution in [0, 0.1) is 23.7 Å². The first-order valence-electron chi connectivity index (χ1n) is 23.4. The van der Waals surface area contributed by atoms with Crippen molar-refractivity contribution in [1.29, 1.82) is 0 Å². The topological polar surface area (TPSA) is 249 Å². The van der Waals surface area contributed by atoms with Gasteiger partial charge in [0.15, 0.2) is 0 Å². The second-order valence-electron chi connectivity index (χ2n) is 16.7. The van der Waals surface area contributed by atoms with Crippen LogP contribution in [0.15, 0.2) is 97.1 Å². The molecule has 7 rings (SSSR count). The van der Waals surface area contributed by atoms with Crippen LogP contribution in [0.2, 0.25) is 0 Å². The molecule has 0 radical (unpaired) electrons. The van der Waals surface area contributed by atoms with Gasteiger partial charge in [0.1, 0.15) is 15.4 Å². The molecule has 3 heterocycles. The number of hydroxylamine groups is 2. The zero-order chi connectivity index (χ0) is 51.6. The summed E-state index contributed by atoms with van der Waals surface area (Å²) in [7, 11) is -5.07. The van der Waals surface area contributed by atoms with Crippen LogP contribution >= 0.6 is 0 Å². The minimum absolute atomic E-state index is 0. The van der Waals surface area contributed by atoms with Crippen LogP contribution in [0.5, 0.6) is 0 Å². The molecule has 73 heavy (non-hydrogen) atoms. The largest absolute Gasteiger partial charge is 1.00 e. The van der Waals surface area contributed by atoms with Crippen LogP contribution in [-0.4, -0.2) is 90.2 Å². The third-order valence-corrected chi connectivity index (χ3v) is 12.5. The average molecular weight is 1020 g/mol. The summed E-state index contributed by atoms with van der Waals surface area (Å²) in [5.41, 5.74) is 6.61. The third-order valence-electron chi connectivity index (χ3n) is 11.4. The Morgan fingerprint density at radius 1 is 0.589 bits per heavy atom. The zero-order valence-electron chi connectivity index (χ0n) is 40.6. The number of imide groups is 1. The van der Waals surface area contributed by atoms with Gasteiger partial charge in [-0.05, 0) is 66.8 Å². The Morgan fingerprint density at radius 3 is 1.42 bits per heavy atom. The second kappa shape index (κ2) is 27.6. The summed E-state index contributed by atoms with van der Waals surface area (Å²) >= 11 is 0. The number of carbonyl (C=O) groups excluding carboxylic acids is 8. The van der Waals surface area contributed by atoms with Crippen molar-refractivity contribution in [2.24, 2.45) is 0 Å². The molecular weight excluding hydrogens is 968 g/mol. The van der Waals surface area contributed by atoms with E-state index in [1.165, 1.54) is 0 Å². The Morgan fingerprint density at radius 2 is 0.986 bits per heavy atom. The monoisotopic (exact) mass is 1020 g/mol. The molecule has 0 bridgehead atoms. The number of benzene rings is 4. The minimum Gasteiger partial charge on any atom is -0.747 e. The van der Waals surface area contributed by atoms with E-state index in [0.717, 1.165) is 39.9 Å². The van der Waals surface area contributed by atoms with Crippen molar-refractivity contribution in [3.8, 4) is 23.7 Å². The van der Waals surface area contributed by atoms with Gasteiger partial charge in [-0.25, -0.2) is 13.2 Å². The van der Waals surface area contributed by atoms with E-state index in [1.807, 2.05) is 104 Å². The van der Waals surface area contributed by atoms with Crippen molar-refractivity contribution in [2.45, 2.75) is 89.5 Å². The number of anilines is 2. The Kier molecular flexibility index (Phi) is 21.5. The molecule has 0 saturated carbocycles. The van der Waals surface area contributed by atoms with Crippen molar-refractivity contribution < 1.29 is 85.7 Å². The van der Waals surface area contributed by atoms with Crippen molar-refractivity contribution in [3.63, 3.8) is 0 Å². The first-order valence-corrected chi connectivity index (χ1v) is 24.9. The molecule has 1 atom stereocenters. The van der Waals surface area contributed by atoms with Gasteiger partial charge in [0, 0.05) is 80.4 Å². The van der Waals surface area contributed by atoms with E-state index >= 15 is 0 Å². The Balaban J connectivity index is 0.000000274. The van der Waals surface area contributed by atoms with Crippen molar-refractivity contribution in [1.82, 2.24) is 21.0 Å². The summed E-state index contributed by atoms with van der Waals surface area (Å²) in [5.74, 6) is 8.15. The zero-order valence-corrected chi connectivity index (χ0v) is 43.4. The number of nitrogens with zero attached hydrogens (tertiary/aromatic N) is 3. The maximum atomic E-state index is 13.2. The molecule has 1 unspecified atom stereocenters. The van der Waals surface area contributed by atoms with Crippen LogP contribution in [0.4, 0.5) is 11.4 Å². The third kappa shape index (κ3) is 16.4. The van der Waals surface area contributed by atoms with E-state index in [4.69, 9.17) is 0 Å². The van der Waals surface area contributed by atoms with Crippen molar-refractivity contribution in [3.05, 3.63) is 130 Å². The van der Waals surface area contributed by atoms with Gasteiger partial charge in [-0.1, -0.05) is 91.3 Å². The molecular formula is C53H53N6NaO12S. The molecule has 0 aliphatic carbocycles. The molecule has 3 aliphatic heterocycles. The summed E-state index contributed by atoms with van der Waals surface area (Å²) in [6.07, 6.45) is 0.800. The Hall–Kier alpha value is -7.13. The fourth-order valence-electron chi connectivity index (χ4n) is 7.69. The smallest absolute Gasteiger partial charge is 0.747 e. The molecule has 1 saturated heterocycles. The molecule has 3 aliphatic rings. The number of fused-ring (bicyclic) bond motifs is 4. The van der Waals surface area contributed by atoms with Gasteiger partial charge in [-0.2, -0.15) is 0 Å². The van der Waals surface area contributed by atoms with Crippen molar-refractivity contribution >= 4 is 68.8 Å². The van der Waals surface area contributed by atoms with E-state index < -0.39 is 45.5 Å². The molecule has 0 aromatic heterocycles. The van der Waals surface area contributed by atoms with E-state index in [-0.39, 0.29) is 110 Å². The summed E-state index contributed by atoms with van der Waals surface area (Å²) in [6, 6.07) is 30.3. The quantitative estimate of drug-likeness (QED) is 0.0544. The molecule has 3 N–H and O–H groups in total. The van der Waals surface area contributed by atoms with E-state index in [9.17, 15) is 51.3 Å². The minimum atomic E-state index is -5.07. The fourth-order valence-corrected chi connectivity index (χ4v) is 8.38. The number of carbonyl (C=O) groups is 8. The van der Waals surface area contributed by atoms with Crippen LogP contribution in [0.25, 0.3) is 0 Å². The van der Waals surface area contributed by atoms with Gasteiger partial charge >= 0.3 is 35.5 Å². The number of rotatable bonds is 18. The maximum Gasteiger partial charge on any atom is 1.00 e. The van der Waals surface area contributed by atoms with E-state index in [0.29, 0.717) is 43.7 Å². The second-order valence-corrected chi connectivity index (χ2v) is 18.3. The molecule has 0 spiro atoms. The van der Waals surface area contributed by atoms with Gasteiger partial charge < -0.3 is 35.1 Å². The van der Waals surface area contributed by atoms with Gasteiger partial charge in [0.2, 0.25) is 29.5 Å².